The SMILES string of the molecule is CCCCCCCCCCCCCCCCCCOC(=O)CC(C(=O)OCCCCCCCCCCCCCCCCCC)c1c(F)c(F)c(F)c(F)c1F. The maximum absolute atomic E-state index is 14.7. The summed E-state index contributed by atoms with van der Waals surface area (Å²) in [6.07, 6.45) is 36.8. The van der Waals surface area contributed by atoms with E-state index in [1.54, 1.807) is 0 Å². The van der Waals surface area contributed by atoms with E-state index in [2.05, 4.69) is 13.8 Å². The van der Waals surface area contributed by atoms with Gasteiger partial charge in [0.2, 0.25) is 5.82 Å². The minimum Gasteiger partial charge on any atom is -0.466 e. The zero-order valence-electron chi connectivity index (χ0n) is 34.8. The first-order valence-corrected chi connectivity index (χ1v) is 22.6. The number of esters is 2. The summed E-state index contributed by atoms with van der Waals surface area (Å²) >= 11 is 0. The van der Waals surface area contributed by atoms with Gasteiger partial charge in [-0.05, 0) is 12.8 Å². The highest BCUT2D eigenvalue weighted by Gasteiger charge is 2.36. The molecule has 0 saturated carbocycles. The monoisotopic (exact) mass is 789 g/mol. The Morgan fingerprint density at radius 3 is 0.945 bits per heavy atom. The molecule has 9 heteroatoms. The fourth-order valence-electron chi connectivity index (χ4n) is 7.22. The third kappa shape index (κ3) is 24.9. The molecule has 0 spiro atoms. The van der Waals surface area contributed by atoms with Crippen LogP contribution in [0.15, 0.2) is 0 Å². The molecule has 1 unspecified atom stereocenters. The summed E-state index contributed by atoms with van der Waals surface area (Å²) in [5.41, 5.74) is -1.37. The van der Waals surface area contributed by atoms with Crippen LogP contribution in [0.25, 0.3) is 0 Å². The van der Waals surface area contributed by atoms with Crippen molar-refractivity contribution in [2.45, 2.75) is 232 Å². The van der Waals surface area contributed by atoms with Gasteiger partial charge < -0.3 is 9.47 Å². The molecule has 0 fully saturated rings. The Labute approximate surface area is 331 Å². The van der Waals surface area contributed by atoms with Crippen LogP contribution in [-0.4, -0.2) is 25.2 Å². The fraction of sp³-hybridized carbons (Fsp3) is 0.826. The summed E-state index contributed by atoms with van der Waals surface area (Å²) in [6, 6.07) is 0. The molecule has 0 radical (unpaired) electrons. The normalized spacial score (nSPS) is 12.0. The van der Waals surface area contributed by atoms with E-state index in [4.69, 9.17) is 9.47 Å². The highest BCUT2D eigenvalue weighted by atomic mass is 19.2. The van der Waals surface area contributed by atoms with Gasteiger partial charge in [-0.1, -0.05) is 206 Å². The average Bonchev–Trinajstić information content (AvgIpc) is 3.18. The number of ether oxygens (including phenoxy) is 2. The topological polar surface area (TPSA) is 52.6 Å². The molecular formula is C46H77F5O4. The molecule has 1 aromatic rings. The lowest BCUT2D eigenvalue weighted by Gasteiger charge is -2.18. The maximum Gasteiger partial charge on any atom is 0.314 e. The molecule has 55 heavy (non-hydrogen) atoms. The van der Waals surface area contributed by atoms with E-state index in [0.717, 1.165) is 51.4 Å². The summed E-state index contributed by atoms with van der Waals surface area (Å²) in [5.74, 6) is -15.2. The van der Waals surface area contributed by atoms with Crippen molar-refractivity contribution in [3.8, 4) is 0 Å². The van der Waals surface area contributed by atoms with Crippen molar-refractivity contribution in [3.63, 3.8) is 0 Å². The minimum atomic E-state index is -2.33. The zero-order chi connectivity index (χ0) is 40.4. The fourth-order valence-corrected chi connectivity index (χ4v) is 7.22. The van der Waals surface area contributed by atoms with Crippen LogP contribution < -0.4 is 0 Å². The zero-order valence-corrected chi connectivity index (χ0v) is 34.8. The van der Waals surface area contributed by atoms with E-state index in [-0.39, 0.29) is 13.2 Å². The van der Waals surface area contributed by atoms with Crippen LogP contribution >= 0.6 is 0 Å². The van der Waals surface area contributed by atoms with Crippen molar-refractivity contribution >= 4 is 11.9 Å². The highest BCUT2D eigenvalue weighted by Crippen LogP contribution is 2.32. The Morgan fingerprint density at radius 2 is 0.636 bits per heavy atom. The van der Waals surface area contributed by atoms with Gasteiger partial charge >= 0.3 is 11.9 Å². The van der Waals surface area contributed by atoms with Gasteiger partial charge in [0.25, 0.3) is 0 Å². The largest absolute Gasteiger partial charge is 0.466 e. The van der Waals surface area contributed by atoms with Crippen LogP contribution in [0.5, 0.6) is 0 Å². The smallest absolute Gasteiger partial charge is 0.314 e. The Hall–Kier alpha value is -2.19. The van der Waals surface area contributed by atoms with Gasteiger partial charge in [0.15, 0.2) is 23.3 Å². The Bertz CT molecular complexity index is 1090. The van der Waals surface area contributed by atoms with Gasteiger partial charge in [-0.15, -0.1) is 0 Å². The van der Waals surface area contributed by atoms with Crippen molar-refractivity contribution in [2.75, 3.05) is 13.2 Å². The van der Waals surface area contributed by atoms with Crippen molar-refractivity contribution in [1.29, 1.82) is 0 Å². The summed E-state index contributed by atoms with van der Waals surface area (Å²) in [5, 5.41) is 0. The number of hydrogen-bond acceptors (Lipinski definition) is 4. The van der Waals surface area contributed by atoms with E-state index in [1.807, 2.05) is 0 Å². The number of hydrogen-bond donors (Lipinski definition) is 0. The van der Waals surface area contributed by atoms with Crippen molar-refractivity contribution in [2.24, 2.45) is 0 Å². The molecule has 1 atom stereocenters. The Kier molecular flexibility index (Phi) is 32.4. The van der Waals surface area contributed by atoms with Crippen LogP contribution in [-0.2, 0) is 19.1 Å². The summed E-state index contributed by atoms with van der Waals surface area (Å²) in [6.45, 7) is 4.43. The quantitative estimate of drug-likeness (QED) is 0.0220. The molecule has 0 aliphatic rings. The molecular weight excluding hydrogens is 711 g/mol. The average molecular weight is 789 g/mol. The van der Waals surface area contributed by atoms with Crippen molar-refractivity contribution in [1.82, 2.24) is 0 Å². The highest BCUT2D eigenvalue weighted by molar-refractivity contribution is 5.84. The second kappa shape index (κ2) is 35.0. The van der Waals surface area contributed by atoms with E-state index in [9.17, 15) is 31.5 Å². The summed E-state index contributed by atoms with van der Waals surface area (Å²) in [4.78, 5) is 25.6. The molecule has 320 valence electrons. The summed E-state index contributed by atoms with van der Waals surface area (Å²) < 4.78 is 81.9. The summed E-state index contributed by atoms with van der Waals surface area (Å²) in [7, 11) is 0. The van der Waals surface area contributed by atoms with Crippen LogP contribution in [0.1, 0.15) is 237 Å². The number of carbonyl (C=O) groups excluding carboxylic acids is 2. The van der Waals surface area contributed by atoms with E-state index in [1.165, 1.54) is 141 Å². The number of benzene rings is 1. The first-order valence-electron chi connectivity index (χ1n) is 22.6. The molecule has 0 N–H and O–H groups in total. The third-order valence-corrected chi connectivity index (χ3v) is 10.8. The number of rotatable bonds is 38. The maximum atomic E-state index is 14.7. The molecule has 1 aromatic carbocycles. The lowest BCUT2D eigenvalue weighted by Crippen LogP contribution is -2.24. The standard InChI is InChI=1S/C46H77F5O4/c1-3-5-7-9-11-13-15-17-19-21-23-25-27-29-31-33-35-54-39(52)37-38(40-41(47)43(49)45(51)44(50)42(40)48)46(53)55-36-34-32-30-28-26-24-22-20-18-16-14-12-10-8-6-4-2/h38H,3-37H2,1-2H3. The van der Waals surface area contributed by atoms with Crippen LogP contribution in [0.3, 0.4) is 0 Å². The van der Waals surface area contributed by atoms with Crippen LogP contribution in [0, 0.1) is 29.1 Å². The Morgan fingerprint density at radius 1 is 0.382 bits per heavy atom. The lowest BCUT2D eigenvalue weighted by molar-refractivity contribution is -0.152. The van der Waals surface area contributed by atoms with E-state index < -0.39 is 58.9 Å². The van der Waals surface area contributed by atoms with Crippen LogP contribution in [0.4, 0.5) is 22.0 Å². The van der Waals surface area contributed by atoms with E-state index >= 15 is 0 Å². The molecule has 0 aliphatic carbocycles. The van der Waals surface area contributed by atoms with Gasteiger partial charge in [0.1, 0.15) is 0 Å². The van der Waals surface area contributed by atoms with Gasteiger partial charge in [0, 0.05) is 5.56 Å². The van der Waals surface area contributed by atoms with Crippen molar-refractivity contribution in [3.05, 3.63) is 34.6 Å². The first-order chi connectivity index (χ1) is 26.8. The third-order valence-electron chi connectivity index (χ3n) is 10.8. The van der Waals surface area contributed by atoms with Gasteiger partial charge in [0.05, 0.1) is 25.6 Å². The van der Waals surface area contributed by atoms with Crippen molar-refractivity contribution < 1.29 is 41.0 Å². The number of halogens is 5. The minimum absolute atomic E-state index is 0.0370. The Balaban J connectivity index is 2.33. The predicted octanol–water partition coefficient (Wildman–Crippen LogP) is 15.5. The number of unbranched alkanes of at least 4 members (excludes halogenated alkanes) is 30. The molecule has 0 aromatic heterocycles. The molecule has 0 heterocycles. The predicted molar refractivity (Wildman–Crippen MR) is 215 cm³/mol. The molecule has 0 bridgehead atoms. The second-order valence-corrected chi connectivity index (χ2v) is 15.7. The molecule has 1 rings (SSSR count). The van der Waals surface area contributed by atoms with Crippen LogP contribution in [0.2, 0.25) is 0 Å². The molecule has 0 amide bonds. The molecule has 0 aliphatic heterocycles. The van der Waals surface area contributed by atoms with E-state index in [0.29, 0.717) is 12.8 Å². The molecule has 4 nitrogen and oxygen atoms in total. The van der Waals surface area contributed by atoms with Gasteiger partial charge in [-0.2, -0.15) is 0 Å². The molecule has 0 saturated heterocycles. The number of carbonyl (C=O) groups is 2. The van der Waals surface area contributed by atoms with Gasteiger partial charge in [-0.3, -0.25) is 9.59 Å². The first kappa shape index (κ1) is 50.8. The second-order valence-electron chi connectivity index (χ2n) is 15.7. The lowest BCUT2D eigenvalue weighted by atomic mass is 9.94. The van der Waals surface area contributed by atoms with Gasteiger partial charge in [-0.25, -0.2) is 22.0 Å².